The molecule has 0 radical (unpaired) electrons. The second-order valence-corrected chi connectivity index (χ2v) is 5.99. The van der Waals surface area contributed by atoms with Gasteiger partial charge in [-0.15, -0.1) is 0 Å². The van der Waals surface area contributed by atoms with E-state index in [1.54, 1.807) is 20.8 Å². The molecule has 126 valence electrons. The number of esters is 1. The Morgan fingerprint density at radius 1 is 1.17 bits per heavy atom. The zero-order valence-electron chi connectivity index (χ0n) is 13.6. The molecule has 0 atom stereocenters. The van der Waals surface area contributed by atoms with Crippen LogP contribution in [0.5, 0.6) is 5.88 Å². The van der Waals surface area contributed by atoms with Crippen LogP contribution in [0.4, 0.5) is 0 Å². The zero-order valence-corrected chi connectivity index (χ0v) is 13.6. The summed E-state index contributed by atoms with van der Waals surface area (Å²) in [5, 5.41) is 9.01. The van der Waals surface area contributed by atoms with Crippen LogP contribution in [-0.4, -0.2) is 32.6 Å². The van der Waals surface area contributed by atoms with Crippen LogP contribution in [-0.2, 0) is 11.3 Å². The molecule has 2 rings (SSSR count). The van der Waals surface area contributed by atoms with Gasteiger partial charge in [-0.1, -0.05) is 30.3 Å². The fourth-order valence-electron chi connectivity index (χ4n) is 1.78. The Bertz CT molecular complexity index is 738. The quantitative estimate of drug-likeness (QED) is 0.841. The van der Waals surface area contributed by atoms with Crippen molar-refractivity contribution in [2.75, 3.05) is 0 Å². The number of benzene rings is 1. The molecule has 0 aliphatic heterocycles. The van der Waals surface area contributed by atoms with Crippen molar-refractivity contribution in [3.05, 3.63) is 53.5 Å². The van der Waals surface area contributed by atoms with Crippen molar-refractivity contribution < 1.29 is 24.2 Å². The third-order valence-corrected chi connectivity index (χ3v) is 2.78. The summed E-state index contributed by atoms with van der Waals surface area (Å²) in [6.07, 6.45) is 1.10. The molecule has 0 bridgehead atoms. The molecule has 0 fully saturated rings. The number of carbonyl (C=O) groups is 2. The first-order valence-corrected chi connectivity index (χ1v) is 7.26. The Labute approximate surface area is 139 Å². The summed E-state index contributed by atoms with van der Waals surface area (Å²) < 4.78 is 10.8. The number of aromatic nitrogens is 2. The van der Waals surface area contributed by atoms with Crippen LogP contribution in [0.3, 0.4) is 0 Å². The molecule has 1 aromatic heterocycles. The molecule has 2 aromatic rings. The van der Waals surface area contributed by atoms with Crippen LogP contribution < -0.4 is 4.74 Å². The van der Waals surface area contributed by atoms with Crippen LogP contribution in [0.15, 0.2) is 36.5 Å². The second kappa shape index (κ2) is 7.08. The molecular weight excluding hydrogens is 312 g/mol. The Morgan fingerprint density at radius 2 is 1.83 bits per heavy atom. The van der Waals surface area contributed by atoms with E-state index >= 15 is 0 Å². The summed E-state index contributed by atoms with van der Waals surface area (Å²) >= 11 is 0. The van der Waals surface area contributed by atoms with E-state index in [2.05, 4.69) is 9.97 Å². The molecule has 1 aromatic carbocycles. The summed E-state index contributed by atoms with van der Waals surface area (Å²) in [6, 6.07) is 9.23. The number of carboxylic acids is 1. The number of ether oxygens (including phenoxy) is 2. The zero-order chi connectivity index (χ0) is 17.7. The monoisotopic (exact) mass is 330 g/mol. The Morgan fingerprint density at radius 3 is 2.42 bits per heavy atom. The predicted molar refractivity (Wildman–Crippen MR) is 84.9 cm³/mol. The highest BCUT2D eigenvalue weighted by Crippen LogP contribution is 2.20. The van der Waals surface area contributed by atoms with Gasteiger partial charge >= 0.3 is 11.9 Å². The Hall–Kier alpha value is -2.96. The van der Waals surface area contributed by atoms with Gasteiger partial charge in [-0.05, 0) is 26.3 Å². The number of aromatic carboxylic acids is 1. The fourth-order valence-corrected chi connectivity index (χ4v) is 1.78. The highest BCUT2D eigenvalue weighted by atomic mass is 16.6. The van der Waals surface area contributed by atoms with Crippen LogP contribution in [0.2, 0.25) is 0 Å². The average molecular weight is 330 g/mol. The van der Waals surface area contributed by atoms with Crippen molar-refractivity contribution in [3.8, 4) is 5.88 Å². The summed E-state index contributed by atoms with van der Waals surface area (Å²) in [7, 11) is 0. The molecule has 0 aliphatic carbocycles. The lowest BCUT2D eigenvalue weighted by molar-refractivity contribution is 0.00631. The predicted octanol–water partition coefficient (Wildman–Crippen LogP) is 2.71. The number of carboxylic acid groups (broad SMARTS) is 1. The van der Waals surface area contributed by atoms with E-state index in [-0.39, 0.29) is 18.1 Å². The minimum absolute atomic E-state index is 0.0224. The van der Waals surface area contributed by atoms with Gasteiger partial charge in [-0.3, -0.25) is 0 Å². The third-order valence-electron chi connectivity index (χ3n) is 2.78. The van der Waals surface area contributed by atoms with Crippen molar-refractivity contribution in [1.82, 2.24) is 9.97 Å². The molecule has 7 heteroatoms. The molecule has 0 unspecified atom stereocenters. The highest BCUT2D eigenvalue weighted by molar-refractivity contribution is 5.92. The molecule has 0 saturated heterocycles. The summed E-state index contributed by atoms with van der Waals surface area (Å²) in [5.74, 6) is -2.57. The molecule has 0 saturated carbocycles. The number of nitrogens with zero attached hydrogens (tertiary/aromatic N) is 2. The molecule has 0 spiro atoms. The molecule has 0 amide bonds. The minimum atomic E-state index is -1.31. The Balaban J connectivity index is 2.29. The van der Waals surface area contributed by atoms with Gasteiger partial charge in [0.2, 0.25) is 11.7 Å². The largest absolute Gasteiger partial charge is 0.475 e. The molecule has 7 nitrogen and oxygen atoms in total. The van der Waals surface area contributed by atoms with E-state index in [0.29, 0.717) is 0 Å². The smallest absolute Gasteiger partial charge is 0.374 e. The maximum Gasteiger partial charge on any atom is 0.374 e. The summed E-state index contributed by atoms with van der Waals surface area (Å²) in [4.78, 5) is 30.7. The SMILES string of the molecule is CC(C)(C)OC(=O)c1cnc(C(=O)O)nc1OCc1ccccc1. The topological polar surface area (TPSA) is 98.6 Å². The lowest BCUT2D eigenvalue weighted by Crippen LogP contribution is -2.25. The van der Waals surface area contributed by atoms with Crippen LogP contribution in [0.25, 0.3) is 0 Å². The van der Waals surface area contributed by atoms with E-state index in [0.717, 1.165) is 11.8 Å². The third kappa shape index (κ3) is 4.77. The van der Waals surface area contributed by atoms with E-state index in [9.17, 15) is 9.59 Å². The van der Waals surface area contributed by atoms with Gasteiger partial charge in [0, 0.05) is 6.20 Å². The van der Waals surface area contributed by atoms with Crippen LogP contribution in [0, 0.1) is 0 Å². The van der Waals surface area contributed by atoms with Crippen LogP contribution >= 0.6 is 0 Å². The van der Waals surface area contributed by atoms with Gasteiger partial charge in [0.05, 0.1) is 0 Å². The van der Waals surface area contributed by atoms with Crippen LogP contribution in [0.1, 0.15) is 47.3 Å². The van der Waals surface area contributed by atoms with Crippen molar-refractivity contribution in [2.45, 2.75) is 33.0 Å². The van der Waals surface area contributed by atoms with E-state index < -0.39 is 23.4 Å². The Kier molecular flexibility index (Phi) is 5.13. The first kappa shape index (κ1) is 17.4. The minimum Gasteiger partial charge on any atom is -0.475 e. The summed E-state index contributed by atoms with van der Waals surface area (Å²) in [5.41, 5.74) is 0.119. The maximum absolute atomic E-state index is 12.2. The average Bonchev–Trinajstić information content (AvgIpc) is 2.52. The second-order valence-electron chi connectivity index (χ2n) is 5.99. The first-order valence-electron chi connectivity index (χ1n) is 7.26. The van der Waals surface area contributed by atoms with Crippen molar-refractivity contribution in [1.29, 1.82) is 0 Å². The van der Waals surface area contributed by atoms with Gasteiger partial charge in [-0.25, -0.2) is 14.6 Å². The number of carbonyl (C=O) groups excluding carboxylic acids is 1. The highest BCUT2D eigenvalue weighted by Gasteiger charge is 2.24. The number of hydrogen-bond acceptors (Lipinski definition) is 6. The number of rotatable bonds is 5. The molecule has 24 heavy (non-hydrogen) atoms. The van der Waals surface area contributed by atoms with Crippen molar-refractivity contribution >= 4 is 11.9 Å². The summed E-state index contributed by atoms with van der Waals surface area (Å²) in [6.45, 7) is 5.30. The van der Waals surface area contributed by atoms with Gasteiger partial charge < -0.3 is 14.6 Å². The van der Waals surface area contributed by atoms with Crippen molar-refractivity contribution in [2.24, 2.45) is 0 Å². The fraction of sp³-hybridized carbons (Fsp3) is 0.294. The van der Waals surface area contributed by atoms with Crippen molar-refractivity contribution in [3.63, 3.8) is 0 Å². The van der Waals surface area contributed by atoms with E-state index in [4.69, 9.17) is 14.6 Å². The van der Waals surface area contributed by atoms with Gasteiger partial charge in [-0.2, -0.15) is 4.98 Å². The maximum atomic E-state index is 12.2. The van der Waals surface area contributed by atoms with E-state index in [1.165, 1.54) is 0 Å². The lowest BCUT2D eigenvalue weighted by atomic mass is 10.2. The standard InChI is InChI=1S/C17H18N2O5/c1-17(2,3)24-16(22)12-9-18-13(15(20)21)19-14(12)23-10-11-7-5-4-6-8-11/h4-9H,10H2,1-3H3,(H,20,21). The van der Waals surface area contributed by atoms with Gasteiger partial charge in [0.25, 0.3) is 0 Å². The van der Waals surface area contributed by atoms with Gasteiger partial charge in [0.15, 0.2) is 0 Å². The first-order chi connectivity index (χ1) is 11.3. The lowest BCUT2D eigenvalue weighted by Gasteiger charge is -2.20. The normalized spacial score (nSPS) is 11.0. The van der Waals surface area contributed by atoms with Gasteiger partial charge in [0.1, 0.15) is 17.8 Å². The molecule has 1 heterocycles. The van der Waals surface area contributed by atoms with E-state index in [1.807, 2.05) is 30.3 Å². The molecule has 1 N–H and O–H groups in total. The number of hydrogen-bond donors (Lipinski definition) is 1. The molecule has 0 aliphatic rings. The molecular formula is C17H18N2O5.